The molecule has 2 aromatic rings. The van der Waals surface area contributed by atoms with Gasteiger partial charge in [-0.2, -0.15) is 0 Å². The number of hydrogen-bond acceptors (Lipinski definition) is 7. The summed E-state index contributed by atoms with van der Waals surface area (Å²) in [5.74, 6) is 0.727. The van der Waals surface area contributed by atoms with Gasteiger partial charge < -0.3 is 14.5 Å². The summed E-state index contributed by atoms with van der Waals surface area (Å²) in [5.41, 5.74) is 0.819. The third-order valence-electron chi connectivity index (χ3n) is 5.41. The monoisotopic (exact) mass is 374 g/mol. The number of carbonyl (C=O) groups is 1. The number of likely N-dealkylation sites (tertiary alicyclic amines) is 1. The topological polar surface area (TPSA) is 80.5 Å². The molecule has 3 heterocycles. The number of nitrogens with one attached hydrogen (secondary N) is 1. The first-order valence-electron chi connectivity index (χ1n) is 9.93. The van der Waals surface area contributed by atoms with E-state index in [1.165, 1.54) is 25.6 Å². The zero-order valence-electron chi connectivity index (χ0n) is 16.7. The predicted molar refractivity (Wildman–Crippen MR) is 105 cm³/mol. The van der Waals surface area contributed by atoms with Crippen molar-refractivity contribution >= 4 is 22.9 Å². The molecule has 3 rings (SSSR count). The van der Waals surface area contributed by atoms with Crippen molar-refractivity contribution in [3.63, 3.8) is 0 Å². The second-order valence-corrected chi connectivity index (χ2v) is 7.30. The molecule has 1 aliphatic heterocycles. The van der Waals surface area contributed by atoms with E-state index in [2.05, 4.69) is 34.0 Å². The third-order valence-corrected chi connectivity index (χ3v) is 5.41. The van der Waals surface area contributed by atoms with Crippen molar-refractivity contribution in [2.75, 3.05) is 25.0 Å². The summed E-state index contributed by atoms with van der Waals surface area (Å²) < 4.78 is 10.8. The molecule has 7 nitrogen and oxygen atoms in total. The molecule has 1 N–H and O–H groups in total. The van der Waals surface area contributed by atoms with Gasteiger partial charge in [0.2, 0.25) is 5.71 Å². The molecule has 0 bridgehead atoms. The highest BCUT2D eigenvalue weighted by atomic mass is 16.5. The molecular weight excluding hydrogens is 344 g/mol. The lowest BCUT2D eigenvalue weighted by atomic mass is 9.97. The van der Waals surface area contributed by atoms with E-state index in [9.17, 15) is 4.79 Å². The van der Waals surface area contributed by atoms with Crippen LogP contribution >= 0.6 is 0 Å². The van der Waals surface area contributed by atoms with Crippen LogP contribution in [0.5, 0.6) is 0 Å². The molecule has 0 radical (unpaired) electrons. The van der Waals surface area contributed by atoms with E-state index in [0.29, 0.717) is 46.9 Å². The van der Waals surface area contributed by atoms with E-state index in [0.717, 1.165) is 19.5 Å². The highest BCUT2D eigenvalue weighted by molar-refractivity contribution is 6.07. The van der Waals surface area contributed by atoms with Crippen LogP contribution in [-0.2, 0) is 4.74 Å². The molecule has 1 saturated heterocycles. The molecule has 27 heavy (non-hydrogen) atoms. The number of esters is 1. The van der Waals surface area contributed by atoms with E-state index in [1.54, 1.807) is 13.8 Å². The number of rotatable bonds is 7. The maximum Gasteiger partial charge on any atom is 0.342 e. The maximum atomic E-state index is 12.3. The normalized spacial score (nSPS) is 20.7. The molecular formula is C20H30N4O3. The van der Waals surface area contributed by atoms with Crippen molar-refractivity contribution < 1.29 is 13.9 Å². The molecule has 0 saturated carbocycles. The second-order valence-electron chi connectivity index (χ2n) is 7.30. The molecule has 148 valence electrons. The van der Waals surface area contributed by atoms with Gasteiger partial charge in [0.05, 0.1) is 12.0 Å². The van der Waals surface area contributed by atoms with Crippen molar-refractivity contribution in [2.45, 2.75) is 65.5 Å². The number of fused-ring (bicyclic) bond motifs is 1. The van der Waals surface area contributed by atoms with Crippen LogP contribution in [0, 0.1) is 6.92 Å². The van der Waals surface area contributed by atoms with E-state index in [4.69, 9.17) is 9.15 Å². The van der Waals surface area contributed by atoms with Gasteiger partial charge in [-0.1, -0.05) is 6.42 Å². The highest BCUT2D eigenvalue weighted by Gasteiger charge is 2.25. The van der Waals surface area contributed by atoms with Crippen LogP contribution in [0.15, 0.2) is 10.7 Å². The van der Waals surface area contributed by atoms with Crippen molar-refractivity contribution in [3.05, 3.63) is 17.7 Å². The SMILES string of the molecule is CCOC(=O)c1c(C)oc2ncnc(NCCCN3[C@@H](C)CCC[C@@H]3C)c12. The summed E-state index contributed by atoms with van der Waals surface area (Å²) in [5, 5.41) is 3.97. The van der Waals surface area contributed by atoms with Gasteiger partial charge in [-0.05, 0) is 47.0 Å². The van der Waals surface area contributed by atoms with Crippen molar-refractivity contribution in [1.29, 1.82) is 0 Å². The largest absolute Gasteiger partial charge is 0.462 e. The van der Waals surface area contributed by atoms with E-state index >= 15 is 0 Å². The van der Waals surface area contributed by atoms with Gasteiger partial charge in [-0.15, -0.1) is 0 Å². The molecule has 1 fully saturated rings. The Morgan fingerprint density at radius 1 is 1.33 bits per heavy atom. The summed E-state index contributed by atoms with van der Waals surface area (Å²) in [7, 11) is 0. The summed E-state index contributed by atoms with van der Waals surface area (Å²) in [6, 6.07) is 1.29. The Morgan fingerprint density at radius 2 is 2.07 bits per heavy atom. The Bertz CT molecular complexity index is 779. The van der Waals surface area contributed by atoms with Gasteiger partial charge >= 0.3 is 5.97 Å². The fourth-order valence-corrected chi connectivity index (χ4v) is 4.01. The Balaban J connectivity index is 1.69. The third kappa shape index (κ3) is 4.24. The summed E-state index contributed by atoms with van der Waals surface area (Å²) in [4.78, 5) is 23.4. The Labute approximate surface area is 160 Å². The quantitative estimate of drug-likeness (QED) is 0.583. The lowest BCUT2D eigenvalue weighted by molar-refractivity contribution is 0.0526. The molecule has 2 aromatic heterocycles. The first-order valence-corrected chi connectivity index (χ1v) is 9.93. The first kappa shape index (κ1) is 19.6. The molecule has 0 spiro atoms. The smallest absolute Gasteiger partial charge is 0.342 e. The van der Waals surface area contributed by atoms with E-state index in [1.807, 2.05) is 0 Å². The Morgan fingerprint density at radius 3 is 2.78 bits per heavy atom. The summed E-state index contributed by atoms with van der Waals surface area (Å²) >= 11 is 0. The standard InChI is InChI=1S/C20H30N4O3/c1-5-26-20(25)16-15(4)27-19-17(16)18(22-12-23-19)21-10-7-11-24-13(2)8-6-9-14(24)3/h12-14H,5-11H2,1-4H3,(H,21,22,23)/t13-,14-/m0/s1. The number of furan rings is 1. The zero-order chi connectivity index (χ0) is 19.4. The molecule has 7 heteroatoms. The van der Waals surface area contributed by atoms with Gasteiger partial charge in [-0.25, -0.2) is 14.8 Å². The number of carbonyl (C=O) groups excluding carboxylic acids is 1. The van der Waals surface area contributed by atoms with Crippen molar-refractivity contribution in [3.8, 4) is 0 Å². The maximum absolute atomic E-state index is 12.3. The number of aromatic nitrogens is 2. The fraction of sp³-hybridized carbons (Fsp3) is 0.650. The second kappa shape index (κ2) is 8.69. The minimum Gasteiger partial charge on any atom is -0.462 e. The van der Waals surface area contributed by atoms with Crippen LogP contribution in [-0.4, -0.2) is 52.6 Å². The van der Waals surface area contributed by atoms with Crippen LogP contribution in [0.25, 0.3) is 11.1 Å². The summed E-state index contributed by atoms with van der Waals surface area (Å²) in [6.45, 7) is 10.3. The van der Waals surface area contributed by atoms with Gasteiger partial charge in [0, 0.05) is 25.2 Å². The van der Waals surface area contributed by atoms with Gasteiger partial charge in [0.15, 0.2) is 0 Å². The lowest BCUT2D eigenvalue weighted by Gasteiger charge is -2.39. The van der Waals surface area contributed by atoms with Gasteiger partial charge in [-0.3, -0.25) is 4.90 Å². The predicted octanol–water partition coefficient (Wildman–Crippen LogP) is 3.77. The first-order chi connectivity index (χ1) is 13.0. The number of aryl methyl sites for hydroxylation is 1. The zero-order valence-corrected chi connectivity index (χ0v) is 16.7. The molecule has 0 aliphatic carbocycles. The summed E-state index contributed by atoms with van der Waals surface area (Å²) in [6.07, 6.45) is 6.35. The van der Waals surface area contributed by atoms with Crippen LogP contribution in [0.2, 0.25) is 0 Å². The number of hydrogen-bond donors (Lipinski definition) is 1. The number of anilines is 1. The Hall–Kier alpha value is -2.15. The molecule has 0 aromatic carbocycles. The minimum absolute atomic E-state index is 0.313. The van der Waals surface area contributed by atoms with E-state index in [-0.39, 0.29) is 0 Å². The van der Waals surface area contributed by atoms with Crippen LogP contribution in [0.1, 0.15) is 62.6 Å². The minimum atomic E-state index is -0.400. The Kier molecular flexibility index (Phi) is 6.31. The van der Waals surface area contributed by atoms with Crippen molar-refractivity contribution in [1.82, 2.24) is 14.9 Å². The lowest BCUT2D eigenvalue weighted by Crippen LogP contribution is -2.44. The van der Waals surface area contributed by atoms with Gasteiger partial charge in [0.25, 0.3) is 0 Å². The fourth-order valence-electron chi connectivity index (χ4n) is 4.01. The number of ether oxygens (including phenoxy) is 1. The van der Waals surface area contributed by atoms with Crippen LogP contribution < -0.4 is 5.32 Å². The van der Waals surface area contributed by atoms with Gasteiger partial charge in [0.1, 0.15) is 23.5 Å². The van der Waals surface area contributed by atoms with Crippen molar-refractivity contribution in [2.24, 2.45) is 0 Å². The number of nitrogens with zero attached hydrogens (tertiary/aromatic N) is 3. The average molecular weight is 374 g/mol. The molecule has 1 aliphatic rings. The van der Waals surface area contributed by atoms with Crippen LogP contribution in [0.4, 0.5) is 5.82 Å². The highest BCUT2D eigenvalue weighted by Crippen LogP contribution is 2.29. The molecule has 0 amide bonds. The van der Waals surface area contributed by atoms with E-state index < -0.39 is 5.97 Å². The molecule has 2 atom stereocenters. The van der Waals surface area contributed by atoms with Crippen LogP contribution in [0.3, 0.4) is 0 Å². The molecule has 0 unspecified atom stereocenters. The average Bonchev–Trinajstić information content (AvgIpc) is 2.97. The number of piperidine rings is 1.